The van der Waals surface area contributed by atoms with Gasteiger partial charge in [0, 0.05) is 48.8 Å². The van der Waals surface area contributed by atoms with Gasteiger partial charge in [0.1, 0.15) is 30.3 Å². The number of nitrogens with one attached hydrogen (secondary N) is 1. The highest BCUT2D eigenvalue weighted by Gasteiger charge is 2.28. The summed E-state index contributed by atoms with van der Waals surface area (Å²) in [7, 11) is 1.44. The van der Waals surface area contributed by atoms with Crippen LogP contribution in [0, 0.1) is 11.6 Å². The topological polar surface area (TPSA) is 89.0 Å². The number of halogens is 4. The quantitative estimate of drug-likeness (QED) is 0.456. The van der Waals surface area contributed by atoms with Crippen molar-refractivity contribution in [2.45, 2.75) is 31.5 Å². The lowest BCUT2D eigenvalue weighted by molar-refractivity contribution is 0.0402. The fourth-order valence-corrected chi connectivity index (χ4v) is 4.67. The molecular formula is C25H30Cl2F2N4O4. The van der Waals surface area contributed by atoms with E-state index in [2.05, 4.69) is 20.2 Å². The predicted octanol–water partition coefficient (Wildman–Crippen LogP) is 3.30. The Kier molecular flexibility index (Phi) is 10.1. The summed E-state index contributed by atoms with van der Waals surface area (Å²) in [4.78, 5) is 10.4. The molecule has 0 bridgehead atoms. The van der Waals surface area contributed by atoms with E-state index in [1.165, 1.54) is 13.2 Å². The number of likely N-dealkylation sites (tertiary alicyclic amines) is 1. The molecule has 0 radical (unpaired) electrons. The van der Waals surface area contributed by atoms with Gasteiger partial charge in [-0.1, -0.05) is 0 Å². The SMILES string of the molecule is COc1cc(F)c2ncc(F)c(CCN3CC[C@@H](NCc4cc5c(cn4)OCCO5)[C@@H](O)C3)c2c1.Cl.Cl. The van der Waals surface area contributed by atoms with Gasteiger partial charge in [0.2, 0.25) is 0 Å². The van der Waals surface area contributed by atoms with E-state index in [9.17, 15) is 13.9 Å². The molecule has 1 saturated heterocycles. The maximum Gasteiger partial charge on any atom is 0.179 e. The first-order valence-electron chi connectivity index (χ1n) is 11.7. The Labute approximate surface area is 226 Å². The van der Waals surface area contributed by atoms with E-state index in [1.807, 2.05) is 6.07 Å². The zero-order valence-electron chi connectivity index (χ0n) is 20.3. The molecule has 2 atom stereocenters. The molecule has 0 spiro atoms. The molecular weight excluding hydrogens is 529 g/mol. The van der Waals surface area contributed by atoms with Crippen LogP contribution in [0.15, 0.2) is 30.6 Å². The van der Waals surface area contributed by atoms with E-state index in [1.54, 1.807) is 12.3 Å². The van der Waals surface area contributed by atoms with Gasteiger partial charge in [-0.25, -0.2) is 8.78 Å². The largest absolute Gasteiger partial charge is 0.497 e. The molecule has 2 aromatic heterocycles. The fraction of sp³-hybridized carbons (Fsp3) is 0.440. The molecule has 3 aromatic rings. The Balaban J connectivity index is 0.00000190. The van der Waals surface area contributed by atoms with Crippen molar-refractivity contribution >= 4 is 35.7 Å². The minimum Gasteiger partial charge on any atom is -0.497 e. The molecule has 5 rings (SSSR count). The van der Waals surface area contributed by atoms with Crippen molar-refractivity contribution in [3.63, 3.8) is 0 Å². The van der Waals surface area contributed by atoms with E-state index in [4.69, 9.17) is 14.2 Å². The molecule has 2 aliphatic rings. The van der Waals surface area contributed by atoms with Crippen molar-refractivity contribution in [2.75, 3.05) is 40.0 Å². The van der Waals surface area contributed by atoms with Gasteiger partial charge in [-0.05, 0) is 25.5 Å². The number of pyridine rings is 2. The second-order valence-corrected chi connectivity index (χ2v) is 8.80. The van der Waals surface area contributed by atoms with Gasteiger partial charge in [0.15, 0.2) is 17.3 Å². The number of nitrogens with zero attached hydrogens (tertiary/aromatic N) is 3. The Morgan fingerprint density at radius 2 is 1.86 bits per heavy atom. The highest BCUT2D eigenvalue weighted by atomic mass is 35.5. The molecule has 8 nitrogen and oxygen atoms in total. The number of methoxy groups -OCH3 is 1. The van der Waals surface area contributed by atoms with Crippen molar-refractivity contribution in [3.05, 3.63) is 53.5 Å². The molecule has 12 heteroatoms. The number of aliphatic hydroxyl groups is 1. The first-order chi connectivity index (χ1) is 17.0. The third kappa shape index (κ3) is 6.50. The number of ether oxygens (including phenoxy) is 3. The zero-order valence-corrected chi connectivity index (χ0v) is 21.9. The number of hydrogen-bond donors (Lipinski definition) is 2. The maximum absolute atomic E-state index is 14.6. The summed E-state index contributed by atoms with van der Waals surface area (Å²) in [5.41, 5.74) is 1.33. The average Bonchev–Trinajstić information content (AvgIpc) is 2.87. The third-order valence-corrected chi connectivity index (χ3v) is 6.57. The molecule has 0 amide bonds. The number of benzene rings is 1. The van der Waals surface area contributed by atoms with Gasteiger partial charge in [-0.2, -0.15) is 0 Å². The first-order valence-corrected chi connectivity index (χ1v) is 11.7. The van der Waals surface area contributed by atoms with Crippen molar-refractivity contribution in [1.29, 1.82) is 0 Å². The fourth-order valence-electron chi connectivity index (χ4n) is 4.67. The smallest absolute Gasteiger partial charge is 0.179 e. The molecule has 4 heterocycles. The van der Waals surface area contributed by atoms with Crippen LogP contribution in [0.25, 0.3) is 10.9 Å². The van der Waals surface area contributed by atoms with Crippen molar-refractivity contribution in [1.82, 2.24) is 20.2 Å². The number of aliphatic hydroxyl groups excluding tert-OH is 1. The second-order valence-electron chi connectivity index (χ2n) is 8.80. The van der Waals surface area contributed by atoms with Crippen LogP contribution in [-0.2, 0) is 13.0 Å². The van der Waals surface area contributed by atoms with Crippen LogP contribution in [0.5, 0.6) is 17.2 Å². The Bertz CT molecular complexity index is 1220. The summed E-state index contributed by atoms with van der Waals surface area (Å²) < 4.78 is 45.2. The minimum absolute atomic E-state index is 0. The van der Waals surface area contributed by atoms with Crippen molar-refractivity contribution < 1.29 is 28.1 Å². The van der Waals surface area contributed by atoms with Gasteiger partial charge < -0.3 is 29.5 Å². The highest BCUT2D eigenvalue weighted by Crippen LogP contribution is 2.30. The number of rotatable bonds is 7. The lowest BCUT2D eigenvalue weighted by Gasteiger charge is -2.36. The summed E-state index contributed by atoms with van der Waals surface area (Å²) in [6, 6.07) is 4.62. The number of β-amino-alcohol motifs (C(OH)–C–C–N with tert-alkyl or cyclic N) is 1. The van der Waals surface area contributed by atoms with Gasteiger partial charge in [0.05, 0.1) is 31.3 Å². The summed E-state index contributed by atoms with van der Waals surface area (Å²) in [5.74, 6) is 0.628. The molecule has 202 valence electrons. The molecule has 1 fully saturated rings. The maximum atomic E-state index is 14.6. The van der Waals surface area contributed by atoms with Crippen LogP contribution in [0.2, 0.25) is 0 Å². The van der Waals surface area contributed by atoms with E-state index in [-0.39, 0.29) is 36.4 Å². The van der Waals surface area contributed by atoms with Gasteiger partial charge in [-0.3, -0.25) is 9.97 Å². The van der Waals surface area contributed by atoms with Crippen LogP contribution >= 0.6 is 24.8 Å². The molecule has 2 N–H and O–H groups in total. The molecule has 0 saturated carbocycles. The Hall–Kier alpha value is -2.50. The summed E-state index contributed by atoms with van der Waals surface area (Å²) in [6.07, 6.45) is 3.23. The van der Waals surface area contributed by atoms with E-state index in [0.717, 1.165) is 24.9 Å². The lowest BCUT2D eigenvalue weighted by atomic mass is 10.00. The predicted molar refractivity (Wildman–Crippen MR) is 139 cm³/mol. The highest BCUT2D eigenvalue weighted by molar-refractivity contribution is 5.86. The molecule has 0 unspecified atom stereocenters. The number of piperidine rings is 1. The number of fused-ring (bicyclic) bond motifs is 2. The van der Waals surface area contributed by atoms with Crippen LogP contribution < -0.4 is 19.5 Å². The first kappa shape index (κ1) is 29.1. The summed E-state index contributed by atoms with van der Waals surface area (Å²) >= 11 is 0. The summed E-state index contributed by atoms with van der Waals surface area (Å²) in [6.45, 7) is 3.26. The van der Waals surface area contributed by atoms with Crippen LogP contribution in [0.4, 0.5) is 8.78 Å². The average molecular weight is 559 g/mol. The van der Waals surface area contributed by atoms with Gasteiger partial charge in [-0.15, -0.1) is 24.8 Å². The Morgan fingerprint density at radius 3 is 2.62 bits per heavy atom. The summed E-state index contributed by atoms with van der Waals surface area (Å²) in [5, 5.41) is 14.5. The molecule has 0 aliphatic carbocycles. The van der Waals surface area contributed by atoms with Crippen LogP contribution in [0.3, 0.4) is 0 Å². The number of aromatic nitrogens is 2. The third-order valence-electron chi connectivity index (χ3n) is 6.57. The van der Waals surface area contributed by atoms with Crippen molar-refractivity contribution in [2.24, 2.45) is 0 Å². The zero-order chi connectivity index (χ0) is 24.4. The standard InChI is InChI=1S/C25H28F2N4O4.2ClH/c1-33-16-9-18-17(20(27)12-30-25(18)19(26)10-16)2-4-31-5-3-21(22(32)14-31)29-11-15-8-23-24(13-28-15)35-7-6-34-23;;/h8-10,12-13,21-22,29,32H,2-7,11,14H2,1H3;2*1H/t21-,22+;;/m1../s1. The Morgan fingerprint density at radius 1 is 1.08 bits per heavy atom. The van der Waals surface area contributed by atoms with E-state index < -0.39 is 17.7 Å². The molecule has 37 heavy (non-hydrogen) atoms. The number of hydrogen-bond acceptors (Lipinski definition) is 8. The van der Waals surface area contributed by atoms with E-state index in [0.29, 0.717) is 67.5 Å². The van der Waals surface area contributed by atoms with Gasteiger partial charge >= 0.3 is 0 Å². The van der Waals surface area contributed by atoms with E-state index >= 15 is 0 Å². The second kappa shape index (κ2) is 12.8. The minimum atomic E-state index is -0.586. The molecule has 2 aliphatic heterocycles. The molecule has 1 aromatic carbocycles. The van der Waals surface area contributed by atoms with Crippen LogP contribution in [-0.4, -0.2) is 72.1 Å². The normalized spacial score (nSPS) is 19.1. The van der Waals surface area contributed by atoms with Crippen LogP contribution in [0.1, 0.15) is 17.7 Å². The van der Waals surface area contributed by atoms with Gasteiger partial charge in [0.25, 0.3) is 0 Å². The van der Waals surface area contributed by atoms with Crippen molar-refractivity contribution in [3.8, 4) is 17.2 Å². The monoisotopic (exact) mass is 558 g/mol. The lowest BCUT2D eigenvalue weighted by Crippen LogP contribution is -2.52.